The second kappa shape index (κ2) is 39.6. The van der Waals surface area contributed by atoms with E-state index in [2.05, 4.69) is 334 Å². The number of rotatable bonds is 18. The van der Waals surface area contributed by atoms with Crippen molar-refractivity contribution in [2.45, 2.75) is 0 Å². The molecule has 12 nitrogen and oxygen atoms in total. The molecule has 147 heavy (non-hydrogen) atoms. The molecule has 21 aromatic carbocycles. The summed E-state index contributed by atoms with van der Waals surface area (Å²) in [5, 5.41) is 6.40. The summed E-state index contributed by atoms with van der Waals surface area (Å²) in [6.45, 7) is 0. The Hall–Kier alpha value is -20.0. The van der Waals surface area contributed by atoms with Gasteiger partial charge in [0.25, 0.3) is 0 Å². The van der Waals surface area contributed by atoms with Crippen LogP contribution in [-0.4, -0.2) is 44.9 Å². The Morgan fingerprint density at radius 2 is 0.299 bits per heavy atom. The molecule has 12 heteroatoms. The van der Waals surface area contributed by atoms with E-state index in [-0.39, 0.29) is 0 Å². The highest BCUT2D eigenvalue weighted by atomic mass is 16.3. The van der Waals surface area contributed by atoms with E-state index in [1.165, 1.54) is 27.8 Å². The number of hydrogen-bond donors (Lipinski definition) is 0. The van der Waals surface area contributed by atoms with Crippen LogP contribution >= 0.6 is 0 Å². The van der Waals surface area contributed by atoms with E-state index in [1.807, 2.05) is 194 Å². The average molecular weight is 1880 g/mol. The molecule has 27 aromatic rings. The first-order valence-corrected chi connectivity index (χ1v) is 49.1. The summed E-state index contributed by atoms with van der Waals surface area (Å²) in [7, 11) is 0. The summed E-state index contributed by atoms with van der Waals surface area (Å²) >= 11 is 0. The maximum Gasteiger partial charge on any atom is 0.164 e. The molecule has 0 bridgehead atoms. The van der Waals surface area contributed by atoms with Crippen LogP contribution in [0.4, 0.5) is 0 Å². The topological polar surface area (TPSA) is 155 Å². The number of para-hydroxylation sites is 2. The van der Waals surface area contributed by atoms with E-state index in [0.29, 0.717) is 52.4 Å². The van der Waals surface area contributed by atoms with Crippen molar-refractivity contribution in [2.24, 2.45) is 0 Å². The van der Waals surface area contributed by atoms with Gasteiger partial charge in [-0.1, -0.05) is 461 Å². The summed E-state index contributed by atoms with van der Waals surface area (Å²) < 4.78 is 20.1. The molecule has 0 atom stereocenters. The molecule has 27 rings (SSSR count). The number of furan rings is 3. The van der Waals surface area contributed by atoms with Gasteiger partial charge in [-0.3, -0.25) is 0 Å². The zero-order chi connectivity index (χ0) is 97.7. The second-order valence-electron chi connectivity index (χ2n) is 36.2. The molecule has 0 aliphatic carbocycles. The van der Waals surface area contributed by atoms with Crippen molar-refractivity contribution in [3.8, 4) is 203 Å². The molecular weight excluding hydrogens is 1800 g/mol. The van der Waals surface area contributed by atoms with E-state index < -0.39 is 0 Å². The average Bonchev–Trinajstić information content (AvgIpc) is 1.62. The first kappa shape index (κ1) is 88.5. The Morgan fingerprint density at radius 3 is 0.680 bits per heavy atom. The first-order valence-electron chi connectivity index (χ1n) is 49.1. The Morgan fingerprint density at radius 1 is 0.102 bits per heavy atom. The molecule has 0 saturated heterocycles. The summed E-state index contributed by atoms with van der Waals surface area (Å²) in [4.78, 5) is 44.6. The van der Waals surface area contributed by atoms with Crippen molar-refractivity contribution in [2.75, 3.05) is 0 Å². The quantitative estimate of drug-likeness (QED) is 0.0803. The monoisotopic (exact) mass is 1880 g/mol. The van der Waals surface area contributed by atoms with Crippen molar-refractivity contribution in [3.05, 3.63) is 528 Å². The third-order valence-corrected chi connectivity index (χ3v) is 26.8. The van der Waals surface area contributed by atoms with E-state index in [9.17, 15) is 0 Å². The van der Waals surface area contributed by atoms with Crippen molar-refractivity contribution < 1.29 is 13.3 Å². The Bertz CT molecular complexity index is 9350. The Kier molecular flexibility index (Phi) is 23.8. The van der Waals surface area contributed by atoms with Crippen LogP contribution in [0.3, 0.4) is 0 Å². The lowest BCUT2D eigenvalue weighted by atomic mass is 9.94. The van der Waals surface area contributed by atoms with E-state index in [1.54, 1.807) is 0 Å². The fraction of sp³-hybridized carbons (Fsp3) is 0. The van der Waals surface area contributed by atoms with Crippen molar-refractivity contribution in [1.29, 1.82) is 0 Å². The Labute approximate surface area is 848 Å². The maximum atomic E-state index is 6.87. The predicted octanol–water partition coefficient (Wildman–Crippen LogP) is 35.3. The third-order valence-electron chi connectivity index (χ3n) is 26.8. The van der Waals surface area contributed by atoms with Crippen LogP contribution in [0.15, 0.2) is 541 Å². The standard InChI is InChI=1S/3C45H29N3O/c1-5-15-30(16-6-1)36-28-39(31-17-7-2-8-18-31)42-40(29-36)38-26-14-25-37(41(38)49-42)34-23-13-24-35(27-34)45-47-43(32-19-9-3-10-20-32)46-44(48-45)33-21-11-4-12-22-33;1-5-14-30(15-6-1)34-24-25-41-39(27-34)40-29-37(31-16-7-2-8-17-31)28-38(42(40)49-41)35-22-13-23-36(26-35)45-47-43(32-18-9-3-10-19-32)46-44(48-45)33-20-11-4-12-21-33;1-4-11-30(12-5-1)32-19-23-34(24-20-32)38-17-10-18-39-40-29-37(27-28-41(40)49-42(38)39)45-47-43(35-15-8-3-9-16-35)46-44(48-45)36-25-21-33(22-26-36)31-13-6-2-7-14-31/h3*1-29H. The summed E-state index contributed by atoms with van der Waals surface area (Å²) in [5.41, 5.74) is 33.5. The van der Waals surface area contributed by atoms with Gasteiger partial charge >= 0.3 is 0 Å². The van der Waals surface area contributed by atoms with Gasteiger partial charge in [0.2, 0.25) is 0 Å². The highest BCUT2D eigenvalue weighted by Crippen LogP contribution is 2.47. The maximum absolute atomic E-state index is 6.87. The van der Waals surface area contributed by atoms with Gasteiger partial charge in [0.15, 0.2) is 52.4 Å². The molecule has 6 heterocycles. The number of fused-ring (bicyclic) bond motifs is 9. The zero-order valence-corrected chi connectivity index (χ0v) is 79.5. The van der Waals surface area contributed by atoms with Gasteiger partial charge in [0.1, 0.15) is 33.5 Å². The molecule has 0 radical (unpaired) electrons. The molecule has 0 aliphatic rings. The molecule has 0 amide bonds. The number of hydrogen-bond acceptors (Lipinski definition) is 12. The smallest absolute Gasteiger partial charge is 0.164 e. The molecule has 0 spiro atoms. The molecule has 0 unspecified atom stereocenters. The summed E-state index contributed by atoms with van der Waals surface area (Å²) in [6.07, 6.45) is 0. The second-order valence-corrected chi connectivity index (χ2v) is 36.2. The minimum Gasteiger partial charge on any atom is -0.455 e. The molecular formula is C135H87N9O3. The molecule has 0 fully saturated rings. The van der Waals surface area contributed by atoms with E-state index in [0.717, 1.165) is 188 Å². The van der Waals surface area contributed by atoms with Gasteiger partial charge in [-0.15, -0.1) is 0 Å². The largest absolute Gasteiger partial charge is 0.455 e. The van der Waals surface area contributed by atoms with Gasteiger partial charge in [-0.25, -0.2) is 44.9 Å². The van der Waals surface area contributed by atoms with Gasteiger partial charge in [0.05, 0.1) is 0 Å². The molecule has 0 N–H and O–H groups in total. The van der Waals surface area contributed by atoms with Gasteiger partial charge in [-0.2, -0.15) is 0 Å². The van der Waals surface area contributed by atoms with Crippen LogP contribution in [0.5, 0.6) is 0 Å². The predicted molar refractivity (Wildman–Crippen MR) is 599 cm³/mol. The van der Waals surface area contributed by atoms with E-state index in [4.69, 9.17) is 58.1 Å². The SMILES string of the molecule is c1ccc(-c2cc(-c3ccccc3)c3oc4c(-c5cccc(-c6nc(-c7ccccc7)nc(-c7ccccc7)n6)c5)cccc4c3c2)cc1.c1ccc(-c2ccc(-c3nc(-c4ccccc4)nc(-c4ccc5oc6c(-c7ccc(-c8ccccc8)cc7)cccc6c5c4)n3)cc2)cc1.c1ccc(-c2ccc3oc4c(-c5cccc(-c6nc(-c7ccccc7)nc(-c7ccccc7)n6)c5)cc(-c5ccccc5)cc4c3c2)cc1. The zero-order valence-electron chi connectivity index (χ0n) is 79.5. The normalized spacial score (nSPS) is 11.3. The van der Waals surface area contributed by atoms with Crippen LogP contribution in [0, 0.1) is 0 Å². The summed E-state index contributed by atoms with van der Waals surface area (Å²) in [6, 6.07) is 181. The number of nitrogens with zero attached hydrogens (tertiary/aromatic N) is 9. The lowest BCUT2D eigenvalue weighted by Crippen LogP contribution is -2.00. The number of aromatic nitrogens is 9. The van der Waals surface area contributed by atoms with Crippen molar-refractivity contribution >= 4 is 65.8 Å². The molecule has 0 aliphatic heterocycles. The number of benzene rings is 21. The van der Waals surface area contributed by atoms with Gasteiger partial charge < -0.3 is 13.3 Å². The highest BCUT2D eigenvalue weighted by molar-refractivity contribution is 6.16. The van der Waals surface area contributed by atoms with Crippen LogP contribution in [-0.2, 0) is 0 Å². The van der Waals surface area contributed by atoms with Crippen molar-refractivity contribution in [3.63, 3.8) is 0 Å². The fourth-order valence-electron chi connectivity index (χ4n) is 19.4. The van der Waals surface area contributed by atoms with Crippen molar-refractivity contribution in [1.82, 2.24) is 44.9 Å². The highest BCUT2D eigenvalue weighted by Gasteiger charge is 2.25. The van der Waals surface area contributed by atoms with Crippen LogP contribution in [0.1, 0.15) is 0 Å². The lowest BCUT2D eigenvalue weighted by Gasteiger charge is -2.11. The third kappa shape index (κ3) is 18.2. The van der Waals surface area contributed by atoms with Crippen LogP contribution in [0.2, 0.25) is 0 Å². The van der Waals surface area contributed by atoms with Crippen LogP contribution < -0.4 is 0 Å². The first-order chi connectivity index (χ1) is 72.8. The molecule has 0 saturated carbocycles. The van der Waals surface area contributed by atoms with Gasteiger partial charge in [0, 0.05) is 105 Å². The van der Waals surface area contributed by atoms with Gasteiger partial charge in [-0.05, 0) is 145 Å². The molecule has 690 valence electrons. The Balaban J connectivity index is 0.000000115. The molecule has 6 aromatic heterocycles. The van der Waals surface area contributed by atoms with E-state index >= 15 is 0 Å². The summed E-state index contributed by atoms with van der Waals surface area (Å²) in [5.74, 6) is 5.64. The lowest BCUT2D eigenvalue weighted by molar-refractivity contribution is 0.669. The fourth-order valence-corrected chi connectivity index (χ4v) is 19.4. The van der Waals surface area contributed by atoms with Crippen LogP contribution in [0.25, 0.3) is 268 Å². The minimum absolute atomic E-state index is 0.611. The minimum atomic E-state index is 0.611.